The van der Waals surface area contributed by atoms with Gasteiger partial charge in [-0.2, -0.15) is 17.6 Å². The van der Waals surface area contributed by atoms with Crippen molar-refractivity contribution in [2.75, 3.05) is 0 Å². The minimum atomic E-state index is -3.70. The van der Waals surface area contributed by atoms with E-state index in [1.807, 2.05) is 0 Å². The molecule has 1 nitrogen and oxygen atoms in total. The third-order valence-electron chi connectivity index (χ3n) is 1.38. The molecule has 0 heterocycles. The molecule has 1 aromatic rings. The molecular weight excluding hydrogens is 233 g/mol. The van der Waals surface area contributed by atoms with E-state index in [0.717, 1.165) is 0 Å². The molecule has 0 saturated heterocycles. The molecule has 0 aliphatic carbocycles. The van der Waals surface area contributed by atoms with E-state index < -0.39 is 41.4 Å². The van der Waals surface area contributed by atoms with Crippen molar-refractivity contribution < 1.29 is 35.5 Å². The lowest BCUT2D eigenvalue weighted by Gasteiger charge is -2.08. The first kappa shape index (κ1) is 11.6. The number of rotatable bonds is 2. The zero-order valence-corrected chi connectivity index (χ0v) is 6.63. The first-order valence-electron chi connectivity index (χ1n) is 3.32. The molecule has 0 unspecified atom stereocenters. The van der Waals surface area contributed by atoms with Crippen LogP contribution in [0.5, 0.6) is 5.75 Å². The third-order valence-corrected chi connectivity index (χ3v) is 1.38. The van der Waals surface area contributed by atoms with Crippen LogP contribution in [0.25, 0.3) is 0 Å². The standard InChI is InChI=1S/C7HF7O/c8-1-2(9)4(11)6(15-7(13)14)5(12)3(1)10/h7H. The summed E-state index contributed by atoms with van der Waals surface area (Å²) in [6.07, 6.45) is 0. The summed E-state index contributed by atoms with van der Waals surface area (Å²) in [5.74, 6) is -14.0. The van der Waals surface area contributed by atoms with Crippen LogP contribution >= 0.6 is 0 Å². The summed E-state index contributed by atoms with van der Waals surface area (Å²) in [6.45, 7) is -3.70. The van der Waals surface area contributed by atoms with Gasteiger partial charge in [0.05, 0.1) is 0 Å². The summed E-state index contributed by atoms with van der Waals surface area (Å²) in [7, 11) is 0. The quantitative estimate of drug-likeness (QED) is 0.434. The Bertz CT molecular complexity index is 360. The van der Waals surface area contributed by atoms with Gasteiger partial charge in [0.2, 0.25) is 34.8 Å². The van der Waals surface area contributed by atoms with E-state index in [1.54, 1.807) is 0 Å². The maximum Gasteiger partial charge on any atom is 0.387 e. The Morgan fingerprint density at radius 1 is 0.667 bits per heavy atom. The number of hydrogen-bond donors (Lipinski definition) is 0. The molecule has 0 saturated carbocycles. The Morgan fingerprint density at radius 2 is 1.00 bits per heavy atom. The molecule has 0 atom stereocenters. The summed E-state index contributed by atoms with van der Waals surface area (Å²) in [5.41, 5.74) is 0. The summed E-state index contributed by atoms with van der Waals surface area (Å²) in [5, 5.41) is 0. The molecule has 0 fully saturated rings. The van der Waals surface area contributed by atoms with Crippen molar-refractivity contribution in [2.24, 2.45) is 0 Å². The average molecular weight is 234 g/mol. The second-order valence-corrected chi connectivity index (χ2v) is 2.28. The molecule has 1 aromatic carbocycles. The zero-order chi connectivity index (χ0) is 11.7. The van der Waals surface area contributed by atoms with Gasteiger partial charge in [-0.25, -0.2) is 13.2 Å². The number of ether oxygens (including phenoxy) is 1. The highest BCUT2D eigenvalue weighted by Crippen LogP contribution is 2.29. The predicted octanol–water partition coefficient (Wildman–Crippen LogP) is 2.98. The minimum Gasteiger partial charge on any atom is -0.428 e. The lowest BCUT2D eigenvalue weighted by Crippen LogP contribution is -2.10. The number of halogens is 7. The van der Waals surface area contributed by atoms with Crippen LogP contribution in [0.2, 0.25) is 0 Å². The summed E-state index contributed by atoms with van der Waals surface area (Å²) in [6, 6.07) is 0. The molecule has 84 valence electrons. The van der Waals surface area contributed by atoms with Gasteiger partial charge in [0, 0.05) is 0 Å². The van der Waals surface area contributed by atoms with E-state index in [0.29, 0.717) is 0 Å². The first-order valence-corrected chi connectivity index (χ1v) is 3.32. The molecule has 0 aliphatic heterocycles. The van der Waals surface area contributed by atoms with Crippen LogP contribution in [0.3, 0.4) is 0 Å². The van der Waals surface area contributed by atoms with Gasteiger partial charge < -0.3 is 4.74 Å². The largest absolute Gasteiger partial charge is 0.428 e. The molecule has 0 radical (unpaired) electrons. The smallest absolute Gasteiger partial charge is 0.387 e. The van der Waals surface area contributed by atoms with Crippen molar-refractivity contribution >= 4 is 0 Å². The molecule has 1 rings (SSSR count). The Labute approximate surface area is 78.1 Å². The average Bonchev–Trinajstić information content (AvgIpc) is 2.18. The second-order valence-electron chi connectivity index (χ2n) is 2.28. The highest BCUT2D eigenvalue weighted by atomic mass is 19.3. The minimum absolute atomic E-state index is 2.00. The van der Waals surface area contributed by atoms with E-state index in [9.17, 15) is 30.7 Å². The van der Waals surface area contributed by atoms with E-state index in [1.165, 1.54) is 0 Å². The molecule has 8 heteroatoms. The van der Waals surface area contributed by atoms with Crippen molar-refractivity contribution in [3.05, 3.63) is 29.1 Å². The Morgan fingerprint density at radius 3 is 1.33 bits per heavy atom. The van der Waals surface area contributed by atoms with Gasteiger partial charge in [-0.1, -0.05) is 0 Å². The van der Waals surface area contributed by atoms with Crippen molar-refractivity contribution in [3.8, 4) is 5.75 Å². The van der Waals surface area contributed by atoms with Crippen LogP contribution in [0, 0.1) is 29.1 Å². The third kappa shape index (κ3) is 1.97. The fourth-order valence-electron chi connectivity index (χ4n) is 0.777. The maximum absolute atomic E-state index is 12.6. The second kappa shape index (κ2) is 3.95. The Balaban J connectivity index is 3.39. The normalized spacial score (nSPS) is 10.9. The highest BCUT2D eigenvalue weighted by Gasteiger charge is 2.28. The van der Waals surface area contributed by atoms with Gasteiger partial charge in [-0.3, -0.25) is 0 Å². The molecule has 0 amide bonds. The van der Waals surface area contributed by atoms with E-state index in [2.05, 4.69) is 4.74 Å². The van der Waals surface area contributed by atoms with E-state index in [4.69, 9.17) is 0 Å². The van der Waals surface area contributed by atoms with Crippen LogP contribution in [0.4, 0.5) is 30.7 Å². The first-order chi connectivity index (χ1) is 6.86. The van der Waals surface area contributed by atoms with Crippen LogP contribution in [0.1, 0.15) is 0 Å². The molecule has 0 N–H and O–H groups in total. The Kier molecular flexibility index (Phi) is 3.06. The molecule has 0 aromatic heterocycles. The summed E-state index contributed by atoms with van der Waals surface area (Å²) >= 11 is 0. The maximum atomic E-state index is 12.6. The number of hydrogen-bond acceptors (Lipinski definition) is 1. The van der Waals surface area contributed by atoms with Crippen molar-refractivity contribution in [2.45, 2.75) is 6.61 Å². The molecular formula is C7HF7O. The van der Waals surface area contributed by atoms with Crippen molar-refractivity contribution in [1.82, 2.24) is 0 Å². The van der Waals surface area contributed by atoms with Crippen LogP contribution < -0.4 is 4.74 Å². The van der Waals surface area contributed by atoms with Gasteiger partial charge in [-0.05, 0) is 0 Å². The van der Waals surface area contributed by atoms with Gasteiger partial charge in [-0.15, -0.1) is 0 Å². The highest BCUT2D eigenvalue weighted by molar-refractivity contribution is 5.29. The van der Waals surface area contributed by atoms with Gasteiger partial charge >= 0.3 is 6.61 Å². The van der Waals surface area contributed by atoms with Crippen LogP contribution in [-0.2, 0) is 0 Å². The zero-order valence-electron chi connectivity index (χ0n) is 6.63. The van der Waals surface area contributed by atoms with E-state index in [-0.39, 0.29) is 0 Å². The van der Waals surface area contributed by atoms with Gasteiger partial charge in [0.25, 0.3) is 0 Å². The van der Waals surface area contributed by atoms with Crippen molar-refractivity contribution in [1.29, 1.82) is 0 Å². The van der Waals surface area contributed by atoms with E-state index >= 15 is 0 Å². The molecule has 0 spiro atoms. The number of alkyl halides is 2. The van der Waals surface area contributed by atoms with Crippen LogP contribution in [-0.4, -0.2) is 6.61 Å². The fraction of sp³-hybridized carbons (Fsp3) is 0.143. The summed E-state index contributed by atoms with van der Waals surface area (Å²) in [4.78, 5) is 0. The van der Waals surface area contributed by atoms with Crippen molar-refractivity contribution in [3.63, 3.8) is 0 Å². The Hall–Kier alpha value is -1.47. The molecule has 0 aliphatic rings. The van der Waals surface area contributed by atoms with Gasteiger partial charge in [0.1, 0.15) is 0 Å². The monoisotopic (exact) mass is 234 g/mol. The molecule has 0 bridgehead atoms. The summed E-state index contributed by atoms with van der Waals surface area (Å²) < 4.78 is 88.5. The lowest BCUT2D eigenvalue weighted by molar-refractivity contribution is -0.0556. The predicted molar refractivity (Wildman–Crippen MR) is 32.9 cm³/mol. The topological polar surface area (TPSA) is 9.23 Å². The fourth-order valence-corrected chi connectivity index (χ4v) is 0.777. The van der Waals surface area contributed by atoms with Crippen LogP contribution in [0.15, 0.2) is 0 Å². The SMILES string of the molecule is Fc1c(F)c(F)c(OC(F)F)c(F)c1F. The number of benzene rings is 1. The lowest BCUT2D eigenvalue weighted by atomic mass is 10.3. The molecule has 15 heavy (non-hydrogen) atoms. The van der Waals surface area contributed by atoms with Gasteiger partial charge in [0.15, 0.2) is 0 Å².